The van der Waals surface area contributed by atoms with Crippen molar-refractivity contribution in [3.63, 3.8) is 0 Å². The van der Waals surface area contributed by atoms with Crippen molar-refractivity contribution in [2.75, 3.05) is 31.5 Å². The third-order valence-corrected chi connectivity index (χ3v) is 7.29. The highest BCUT2D eigenvalue weighted by Gasteiger charge is 2.49. The van der Waals surface area contributed by atoms with E-state index < -0.39 is 30.6 Å². The molecular formula is C21H22F3N7O2S2. The maximum Gasteiger partial charge on any atom is 0.410 e. The molecule has 0 radical (unpaired) electrons. The first kappa shape index (κ1) is 25.0. The van der Waals surface area contributed by atoms with Crippen LogP contribution in [0.5, 0.6) is 0 Å². The first-order valence-corrected chi connectivity index (χ1v) is 12.2. The van der Waals surface area contributed by atoms with E-state index in [1.54, 1.807) is 11.3 Å². The quantitative estimate of drug-likeness (QED) is 0.525. The van der Waals surface area contributed by atoms with Gasteiger partial charge in [-0.05, 0) is 26.0 Å². The van der Waals surface area contributed by atoms with Crippen LogP contribution in [-0.2, 0) is 4.79 Å². The molecule has 1 aliphatic rings. The minimum absolute atomic E-state index is 0.0130. The summed E-state index contributed by atoms with van der Waals surface area (Å²) in [6.07, 6.45) is -3.48. The molecule has 1 unspecified atom stereocenters. The maximum atomic E-state index is 13.7. The van der Waals surface area contributed by atoms with E-state index in [0.717, 1.165) is 31.1 Å². The van der Waals surface area contributed by atoms with Gasteiger partial charge in [0.25, 0.3) is 5.91 Å². The fourth-order valence-electron chi connectivity index (χ4n) is 3.74. The van der Waals surface area contributed by atoms with Crippen LogP contribution in [0.2, 0.25) is 0 Å². The van der Waals surface area contributed by atoms with Crippen molar-refractivity contribution < 1.29 is 22.8 Å². The first-order valence-electron chi connectivity index (χ1n) is 10.6. The molecule has 1 aliphatic heterocycles. The number of hydrogen-bond donors (Lipinski definition) is 2. The average molecular weight is 526 g/mol. The van der Waals surface area contributed by atoms with Gasteiger partial charge in [-0.3, -0.25) is 9.59 Å². The molecule has 2 amide bonds. The van der Waals surface area contributed by atoms with Gasteiger partial charge in [0, 0.05) is 24.7 Å². The standard InChI is InChI=1S/C21H22F3N7O2S2/c1-11-18(35-12(2)27-11)14-10-34-20(28-14)29-16-4-3-13(8-26-16)19(33)31-6-5-30(17(32)7-25)9-15(31)21(22,23)24/h3-4,8,10,15H,5-7,9,25H2,1-2H3,(H,26,28,29). The summed E-state index contributed by atoms with van der Waals surface area (Å²) in [6.45, 7) is 2.53. The first-order chi connectivity index (χ1) is 16.6. The molecule has 4 heterocycles. The molecule has 186 valence electrons. The topological polar surface area (TPSA) is 117 Å². The number of halogens is 3. The van der Waals surface area contributed by atoms with E-state index in [-0.39, 0.29) is 25.2 Å². The van der Waals surface area contributed by atoms with E-state index in [1.807, 2.05) is 19.2 Å². The van der Waals surface area contributed by atoms with Gasteiger partial charge in [-0.1, -0.05) is 0 Å². The van der Waals surface area contributed by atoms with Crippen LogP contribution >= 0.6 is 22.7 Å². The maximum absolute atomic E-state index is 13.7. The Bertz CT molecular complexity index is 1230. The summed E-state index contributed by atoms with van der Waals surface area (Å²) >= 11 is 2.92. The molecule has 0 bridgehead atoms. The number of pyridine rings is 1. The molecule has 1 fully saturated rings. The Hall–Kier alpha value is -3.10. The number of nitrogens with two attached hydrogens (primary N) is 1. The van der Waals surface area contributed by atoms with Crippen LogP contribution in [-0.4, -0.2) is 75.0 Å². The van der Waals surface area contributed by atoms with Crippen LogP contribution in [0, 0.1) is 13.8 Å². The summed E-state index contributed by atoms with van der Waals surface area (Å²) < 4.78 is 41.0. The van der Waals surface area contributed by atoms with Crippen molar-refractivity contribution in [3.05, 3.63) is 40.0 Å². The summed E-state index contributed by atoms with van der Waals surface area (Å²) in [5, 5.41) is 6.46. The second kappa shape index (κ2) is 9.87. The van der Waals surface area contributed by atoms with Crippen molar-refractivity contribution in [2.24, 2.45) is 5.73 Å². The van der Waals surface area contributed by atoms with Crippen molar-refractivity contribution in [1.82, 2.24) is 24.8 Å². The molecule has 3 aromatic heterocycles. The zero-order valence-corrected chi connectivity index (χ0v) is 20.4. The smallest absolute Gasteiger partial charge is 0.337 e. The molecule has 0 aliphatic carbocycles. The lowest BCUT2D eigenvalue weighted by Crippen LogP contribution is -2.62. The number of rotatable bonds is 5. The molecule has 3 aromatic rings. The summed E-state index contributed by atoms with van der Waals surface area (Å²) in [5.74, 6) is -1.00. The van der Waals surface area contributed by atoms with Crippen molar-refractivity contribution >= 4 is 45.4 Å². The number of nitrogens with one attached hydrogen (secondary N) is 1. The number of amides is 2. The number of aromatic nitrogens is 3. The number of aryl methyl sites for hydroxylation is 2. The molecule has 1 atom stereocenters. The number of nitrogens with zero attached hydrogens (tertiary/aromatic N) is 5. The van der Waals surface area contributed by atoms with Gasteiger partial charge in [0.2, 0.25) is 5.91 Å². The summed E-state index contributed by atoms with van der Waals surface area (Å²) in [4.78, 5) is 40.5. The SMILES string of the molecule is Cc1nc(C)c(-c2csc(Nc3ccc(C(=O)N4CCN(C(=O)CN)CC4C(F)(F)F)cn3)n2)s1. The van der Waals surface area contributed by atoms with Gasteiger partial charge in [0.15, 0.2) is 5.13 Å². The predicted octanol–water partition coefficient (Wildman–Crippen LogP) is 3.20. The van der Waals surface area contributed by atoms with Gasteiger partial charge >= 0.3 is 6.18 Å². The van der Waals surface area contributed by atoms with Crippen LogP contribution in [0.1, 0.15) is 21.1 Å². The Labute approximate surface area is 206 Å². The number of thiazole rings is 2. The minimum Gasteiger partial charge on any atom is -0.337 e. The Morgan fingerprint density at radius 2 is 2.00 bits per heavy atom. The lowest BCUT2D eigenvalue weighted by molar-refractivity contribution is -0.190. The number of hydrogen-bond acceptors (Lipinski definition) is 9. The number of anilines is 2. The lowest BCUT2D eigenvalue weighted by Gasteiger charge is -2.41. The average Bonchev–Trinajstić information content (AvgIpc) is 3.42. The van der Waals surface area contributed by atoms with Crippen molar-refractivity contribution in [2.45, 2.75) is 26.1 Å². The van der Waals surface area contributed by atoms with Crippen LogP contribution in [0.15, 0.2) is 23.7 Å². The number of piperazine rings is 1. The van der Waals surface area contributed by atoms with Crippen LogP contribution < -0.4 is 11.1 Å². The van der Waals surface area contributed by atoms with E-state index in [4.69, 9.17) is 5.73 Å². The van der Waals surface area contributed by atoms with E-state index in [9.17, 15) is 22.8 Å². The molecular weight excluding hydrogens is 503 g/mol. The second-order valence-electron chi connectivity index (χ2n) is 7.84. The van der Waals surface area contributed by atoms with Gasteiger partial charge < -0.3 is 20.9 Å². The Morgan fingerprint density at radius 1 is 1.23 bits per heavy atom. The van der Waals surface area contributed by atoms with Gasteiger partial charge in [-0.2, -0.15) is 13.2 Å². The van der Waals surface area contributed by atoms with E-state index in [1.165, 1.54) is 29.7 Å². The number of alkyl halides is 3. The Morgan fingerprint density at radius 3 is 2.60 bits per heavy atom. The normalized spacial score (nSPS) is 16.5. The van der Waals surface area contributed by atoms with Crippen LogP contribution in [0.25, 0.3) is 10.6 Å². The zero-order valence-electron chi connectivity index (χ0n) is 18.8. The lowest BCUT2D eigenvalue weighted by atomic mass is 10.1. The third-order valence-electron chi connectivity index (χ3n) is 5.43. The minimum atomic E-state index is -4.70. The summed E-state index contributed by atoms with van der Waals surface area (Å²) in [7, 11) is 0. The second-order valence-corrected chi connectivity index (χ2v) is 9.90. The van der Waals surface area contributed by atoms with E-state index >= 15 is 0 Å². The predicted molar refractivity (Wildman–Crippen MR) is 127 cm³/mol. The summed E-state index contributed by atoms with van der Waals surface area (Å²) in [5.41, 5.74) is 6.98. The fraction of sp³-hybridized carbons (Fsp3) is 0.381. The van der Waals surface area contributed by atoms with Gasteiger partial charge in [-0.15, -0.1) is 22.7 Å². The molecule has 35 heavy (non-hydrogen) atoms. The van der Waals surface area contributed by atoms with Crippen LogP contribution in [0.3, 0.4) is 0 Å². The van der Waals surface area contributed by atoms with Crippen molar-refractivity contribution in [3.8, 4) is 10.6 Å². The molecule has 0 aromatic carbocycles. The molecule has 0 spiro atoms. The van der Waals surface area contributed by atoms with Gasteiger partial charge in [-0.25, -0.2) is 15.0 Å². The third kappa shape index (κ3) is 5.44. The molecule has 14 heteroatoms. The highest BCUT2D eigenvalue weighted by molar-refractivity contribution is 7.16. The number of carbonyl (C=O) groups is 2. The van der Waals surface area contributed by atoms with Gasteiger partial charge in [0.1, 0.15) is 11.9 Å². The Balaban J connectivity index is 1.46. The molecule has 1 saturated heterocycles. The molecule has 3 N–H and O–H groups in total. The monoisotopic (exact) mass is 525 g/mol. The number of carbonyl (C=O) groups excluding carboxylic acids is 2. The zero-order chi connectivity index (χ0) is 25.3. The molecule has 4 rings (SSSR count). The van der Waals surface area contributed by atoms with E-state index in [2.05, 4.69) is 20.3 Å². The van der Waals surface area contributed by atoms with Gasteiger partial charge in [0.05, 0.1) is 39.9 Å². The largest absolute Gasteiger partial charge is 0.410 e. The molecule has 9 nitrogen and oxygen atoms in total. The van der Waals surface area contributed by atoms with Crippen molar-refractivity contribution in [1.29, 1.82) is 0 Å². The fourth-order valence-corrected chi connectivity index (χ4v) is 5.40. The summed E-state index contributed by atoms with van der Waals surface area (Å²) in [6, 6.07) is 0.797. The van der Waals surface area contributed by atoms with E-state index in [0.29, 0.717) is 10.9 Å². The Kier molecular flexibility index (Phi) is 7.05. The van der Waals surface area contributed by atoms with Crippen LogP contribution in [0.4, 0.5) is 24.1 Å². The molecule has 0 saturated carbocycles. The highest BCUT2D eigenvalue weighted by atomic mass is 32.1. The highest BCUT2D eigenvalue weighted by Crippen LogP contribution is 2.33.